The van der Waals surface area contributed by atoms with Gasteiger partial charge in [0.2, 0.25) is 11.9 Å². The van der Waals surface area contributed by atoms with Gasteiger partial charge in [-0.2, -0.15) is 0 Å². The third-order valence-corrected chi connectivity index (χ3v) is 6.25. The minimum atomic E-state index is -0.676. The molecular formula is C29H28ClFN4O5. The van der Waals surface area contributed by atoms with Gasteiger partial charge in [-0.25, -0.2) is 9.37 Å². The molecule has 0 fully saturated rings. The predicted octanol–water partition coefficient (Wildman–Crippen LogP) is 5.08. The van der Waals surface area contributed by atoms with Crippen LogP contribution in [-0.4, -0.2) is 67.3 Å². The maximum Gasteiger partial charge on any atom is 0.257 e. The number of imidazole rings is 1. The van der Waals surface area contributed by atoms with E-state index < -0.39 is 17.6 Å². The smallest absolute Gasteiger partial charge is 0.257 e. The number of amides is 2. The van der Waals surface area contributed by atoms with Crippen molar-refractivity contribution in [2.45, 2.75) is 0 Å². The van der Waals surface area contributed by atoms with E-state index in [0.29, 0.717) is 27.9 Å². The largest absolute Gasteiger partial charge is 0.497 e. The summed E-state index contributed by atoms with van der Waals surface area (Å²) in [5, 5.41) is 3.36. The lowest BCUT2D eigenvalue weighted by Crippen LogP contribution is -2.40. The van der Waals surface area contributed by atoms with E-state index in [-0.39, 0.29) is 31.2 Å². The van der Waals surface area contributed by atoms with Gasteiger partial charge in [0.05, 0.1) is 37.8 Å². The van der Waals surface area contributed by atoms with Gasteiger partial charge in [0, 0.05) is 48.6 Å². The van der Waals surface area contributed by atoms with Gasteiger partial charge in [-0.15, -0.1) is 0 Å². The van der Waals surface area contributed by atoms with Crippen molar-refractivity contribution in [3.8, 4) is 28.4 Å². The number of anilines is 1. The summed E-state index contributed by atoms with van der Waals surface area (Å²) in [6.07, 6.45) is 1.75. The van der Waals surface area contributed by atoms with Gasteiger partial charge >= 0.3 is 0 Å². The van der Waals surface area contributed by atoms with Crippen LogP contribution < -0.4 is 14.8 Å². The molecule has 40 heavy (non-hydrogen) atoms. The van der Waals surface area contributed by atoms with E-state index in [1.165, 1.54) is 44.4 Å². The Kier molecular flexibility index (Phi) is 9.36. The van der Waals surface area contributed by atoms with Gasteiger partial charge in [-0.1, -0.05) is 35.9 Å². The maximum absolute atomic E-state index is 14.3. The summed E-state index contributed by atoms with van der Waals surface area (Å²) in [6.45, 7) is -0.123. The molecule has 3 aromatic carbocycles. The molecular weight excluding hydrogens is 539 g/mol. The van der Waals surface area contributed by atoms with Crippen molar-refractivity contribution >= 4 is 29.4 Å². The lowest BCUT2D eigenvalue weighted by molar-refractivity contribution is -0.117. The van der Waals surface area contributed by atoms with Gasteiger partial charge < -0.3 is 19.1 Å². The number of hydrogen-bond acceptors (Lipinski definition) is 6. The highest BCUT2D eigenvalue weighted by Crippen LogP contribution is 2.30. The zero-order valence-electron chi connectivity index (χ0n) is 22.2. The number of benzene rings is 3. The van der Waals surface area contributed by atoms with Gasteiger partial charge in [0.25, 0.3) is 5.91 Å². The summed E-state index contributed by atoms with van der Waals surface area (Å²) in [6, 6.07) is 18.0. The van der Waals surface area contributed by atoms with Crippen molar-refractivity contribution in [3.05, 3.63) is 89.3 Å². The van der Waals surface area contributed by atoms with Crippen molar-refractivity contribution in [1.29, 1.82) is 0 Å². The van der Waals surface area contributed by atoms with Gasteiger partial charge in [-0.05, 0) is 24.3 Å². The molecule has 0 aliphatic heterocycles. The number of nitrogens with zero attached hydrogens (tertiary/aromatic N) is 3. The van der Waals surface area contributed by atoms with E-state index in [0.717, 1.165) is 5.56 Å². The second-order valence-corrected chi connectivity index (χ2v) is 9.08. The third kappa shape index (κ3) is 6.77. The Balaban J connectivity index is 1.67. The van der Waals surface area contributed by atoms with Gasteiger partial charge in [0.15, 0.2) is 0 Å². The molecule has 208 valence electrons. The highest BCUT2D eigenvalue weighted by molar-refractivity contribution is 6.30. The molecule has 1 heterocycles. The third-order valence-electron chi connectivity index (χ3n) is 6.00. The Morgan fingerprint density at radius 1 is 1.00 bits per heavy atom. The van der Waals surface area contributed by atoms with E-state index in [4.69, 9.17) is 25.8 Å². The number of rotatable bonds is 11. The molecule has 2 amide bonds. The van der Waals surface area contributed by atoms with Crippen LogP contribution in [0.2, 0.25) is 5.02 Å². The van der Waals surface area contributed by atoms with Crippen LogP contribution in [-0.2, 0) is 9.53 Å². The highest BCUT2D eigenvalue weighted by Gasteiger charge is 2.23. The predicted molar refractivity (Wildman–Crippen MR) is 150 cm³/mol. The number of carbonyl (C=O) groups is 2. The molecule has 4 rings (SSSR count). The molecule has 0 saturated heterocycles. The van der Waals surface area contributed by atoms with Gasteiger partial charge in [0.1, 0.15) is 23.9 Å². The first kappa shape index (κ1) is 28.6. The topological polar surface area (TPSA) is 94.9 Å². The molecule has 0 aliphatic carbocycles. The molecule has 9 nitrogen and oxygen atoms in total. The van der Waals surface area contributed by atoms with Crippen LogP contribution in [0, 0.1) is 5.82 Å². The van der Waals surface area contributed by atoms with Crippen molar-refractivity contribution in [2.24, 2.45) is 0 Å². The average Bonchev–Trinajstić information content (AvgIpc) is 3.38. The molecule has 0 unspecified atom stereocenters. The molecule has 0 radical (unpaired) electrons. The summed E-state index contributed by atoms with van der Waals surface area (Å²) in [5.41, 5.74) is 1.80. The van der Waals surface area contributed by atoms with Crippen LogP contribution in [0.15, 0.2) is 72.9 Å². The lowest BCUT2D eigenvalue weighted by Gasteiger charge is -2.22. The number of aromatic nitrogens is 2. The Morgan fingerprint density at radius 3 is 2.30 bits per heavy atom. The summed E-state index contributed by atoms with van der Waals surface area (Å²) in [4.78, 5) is 32.2. The van der Waals surface area contributed by atoms with Crippen LogP contribution in [0.5, 0.6) is 11.5 Å². The Bertz CT molecular complexity index is 1470. The fraction of sp³-hybridized carbons (Fsp3) is 0.207. The van der Waals surface area contributed by atoms with Crippen LogP contribution in [0.25, 0.3) is 16.9 Å². The highest BCUT2D eigenvalue weighted by atomic mass is 35.5. The fourth-order valence-corrected chi connectivity index (χ4v) is 4.08. The number of methoxy groups -OCH3 is 3. The molecule has 0 saturated carbocycles. The average molecular weight is 567 g/mol. The maximum atomic E-state index is 14.3. The molecule has 0 bridgehead atoms. The van der Waals surface area contributed by atoms with E-state index in [1.807, 2.05) is 12.1 Å². The van der Waals surface area contributed by atoms with E-state index in [9.17, 15) is 14.0 Å². The van der Waals surface area contributed by atoms with E-state index in [1.54, 1.807) is 47.2 Å². The van der Waals surface area contributed by atoms with E-state index >= 15 is 0 Å². The van der Waals surface area contributed by atoms with Crippen molar-refractivity contribution in [1.82, 2.24) is 14.5 Å². The molecule has 4 aromatic rings. The Labute approximate surface area is 236 Å². The molecule has 11 heteroatoms. The Hall–Kier alpha value is -4.41. The first-order chi connectivity index (χ1) is 19.3. The van der Waals surface area contributed by atoms with Crippen LogP contribution in [0.4, 0.5) is 10.3 Å². The first-order valence-electron chi connectivity index (χ1n) is 12.2. The van der Waals surface area contributed by atoms with Crippen LogP contribution in [0.3, 0.4) is 0 Å². The van der Waals surface area contributed by atoms with E-state index in [2.05, 4.69) is 10.3 Å². The van der Waals surface area contributed by atoms with Crippen LogP contribution >= 0.6 is 11.6 Å². The molecule has 1 N–H and O–H groups in total. The van der Waals surface area contributed by atoms with Crippen molar-refractivity contribution in [3.63, 3.8) is 0 Å². The number of carbonyl (C=O) groups excluding carboxylic acids is 2. The molecule has 0 atom stereocenters. The van der Waals surface area contributed by atoms with Crippen molar-refractivity contribution in [2.75, 3.05) is 46.3 Å². The first-order valence-corrected chi connectivity index (χ1v) is 12.6. The molecule has 0 aliphatic rings. The minimum Gasteiger partial charge on any atom is -0.497 e. The number of hydrogen-bond donors (Lipinski definition) is 1. The molecule has 0 spiro atoms. The zero-order valence-corrected chi connectivity index (χ0v) is 22.9. The number of halogens is 2. The zero-order chi connectivity index (χ0) is 28.6. The van der Waals surface area contributed by atoms with Crippen molar-refractivity contribution < 1.29 is 28.2 Å². The Morgan fingerprint density at radius 2 is 1.68 bits per heavy atom. The normalized spacial score (nSPS) is 10.7. The monoisotopic (exact) mass is 566 g/mol. The summed E-state index contributed by atoms with van der Waals surface area (Å²) in [7, 11) is 4.55. The second kappa shape index (κ2) is 13.1. The SMILES string of the molecule is COCCN(CC(=O)Nc1nc(-c2ccc(Cl)cc2)cn1-c1cc(OC)cc(OC)c1)C(=O)c1ccccc1F. The van der Waals surface area contributed by atoms with Crippen LogP contribution in [0.1, 0.15) is 10.4 Å². The second-order valence-electron chi connectivity index (χ2n) is 8.65. The minimum absolute atomic E-state index is 0.0780. The lowest BCUT2D eigenvalue weighted by atomic mass is 10.2. The summed E-state index contributed by atoms with van der Waals surface area (Å²) >= 11 is 6.06. The number of nitrogens with one attached hydrogen (secondary N) is 1. The summed E-state index contributed by atoms with van der Waals surface area (Å²) in [5.74, 6) is -0.580. The quantitative estimate of drug-likeness (QED) is 0.272. The fourth-order valence-electron chi connectivity index (χ4n) is 3.95. The standard InChI is InChI=1S/C29H28ClFN4O5/c1-38-13-12-34(28(37)24-6-4-5-7-25(24)31)18-27(36)33-29-32-26(19-8-10-20(30)11-9-19)17-35(29)21-14-22(39-2)16-23(15-21)40-3/h4-11,14-17H,12-13,18H2,1-3H3,(H,32,33,36). The summed E-state index contributed by atoms with van der Waals surface area (Å²) < 4.78 is 31.9. The van der Waals surface area contributed by atoms with Gasteiger partial charge in [-0.3, -0.25) is 19.5 Å². The molecule has 1 aromatic heterocycles. The number of ether oxygens (including phenoxy) is 3.